The number of likely N-dealkylation sites (tertiary alicyclic amines) is 1. The molecule has 0 aromatic carbocycles. The zero-order valence-corrected chi connectivity index (χ0v) is 14.8. The number of hydrogen-bond acceptors (Lipinski definition) is 4. The smallest absolute Gasteiger partial charge is 0.229 e. The Morgan fingerprint density at radius 1 is 1.17 bits per heavy atom. The number of amides is 1. The van der Waals surface area contributed by atoms with Crippen LogP contribution < -0.4 is 10.6 Å². The van der Waals surface area contributed by atoms with Crippen molar-refractivity contribution in [1.82, 2.24) is 15.5 Å². The van der Waals surface area contributed by atoms with Gasteiger partial charge in [0.1, 0.15) is 0 Å². The fourth-order valence-electron chi connectivity index (χ4n) is 7.18. The SMILES string of the molecule is CN1C[C@H]2CNC[C@@]2(C(=O)NCC2(O)C3CC4CC(C3)CC2C4)C1. The molecule has 0 spiro atoms. The highest BCUT2D eigenvalue weighted by molar-refractivity contribution is 5.84. The zero-order chi connectivity index (χ0) is 16.5. The minimum absolute atomic E-state index is 0.170. The van der Waals surface area contributed by atoms with Crippen LogP contribution in [0.3, 0.4) is 0 Å². The first kappa shape index (κ1) is 15.6. The Morgan fingerprint density at radius 2 is 1.83 bits per heavy atom. The molecule has 4 bridgehead atoms. The van der Waals surface area contributed by atoms with Crippen molar-refractivity contribution in [3.05, 3.63) is 0 Å². The van der Waals surface area contributed by atoms with E-state index in [9.17, 15) is 9.90 Å². The molecular formula is C19H31N3O2. The molecule has 0 unspecified atom stereocenters. The highest BCUT2D eigenvalue weighted by Crippen LogP contribution is 2.58. The molecule has 24 heavy (non-hydrogen) atoms. The van der Waals surface area contributed by atoms with Crippen molar-refractivity contribution in [3.63, 3.8) is 0 Å². The fourth-order valence-corrected chi connectivity index (χ4v) is 7.18. The molecule has 4 saturated carbocycles. The summed E-state index contributed by atoms with van der Waals surface area (Å²) in [5, 5.41) is 18.1. The standard InChI is InChI=1S/C19H31N3O2/c1-22-8-16-7-20-9-18(16,11-22)17(23)21-10-19(24)14-3-12-2-13(5-14)6-15(19)4-12/h12-16,20,24H,2-11H2,1H3,(H,21,23)/t12?,13?,14?,15?,16-,18-,19?/m1/s1. The van der Waals surface area contributed by atoms with E-state index in [2.05, 4.69) is 22.6 Å². The maximum atomic E-state index is 13.1. The summed E-state index contributed by atoms with van der Waals surface area (Å²) in [6.45, 7) is 4.03. The fraction of sp³-hybridized carbons (Fsp3) is 0.947. The normalized spacial score (nSPS) is 52.7. The Kier molecular flexibility index (Phi) is 3.37. The second-order valence-electron chi connectivity index (χ2n) is 9.66. The van der Waals surface area contributed by atoms with Crippen LogP contribution in [0.2, 0.25) is 0 Å². The zero-order valence-electron chi connectivity index (χ0n) is 14.8. The molecule has 6 rings (SSSR count). The van der Waals surface area contributed by atoms with E-state index in [1.54, 1.807) is 0 Å². The Hall–Kier alpha value is -0.650. The largest absolute Gasteiger partial charge is 0.387 e. The summed E-state index contributed by atoms with van der Waals surface area (Å²) in [6, 6.07) is 0. The molecule has 6 fully saturated rings. The predicted molar refractivity (Wildman–Crippen MR) is 91.3 cm³/mol. The van der Waals surface area contributed by atoms with Crippen LogP contribution >= 0.6 is 0 Å². The van der Waals surface area contributed by atoms with E-state index in [0.717, 1.165) is 38.0 Å². The molecule has 5 heteroatoms. The minimum atomic E-state index is -0.647. The van der Waals surface area contributed by atoms with Crippen LogP contribution in [0.4, 0.5) is 0 Å². The molecule has 1 amide bonds. The van der Waals surface area contributed by atoms with Gasteiger partial charge in [0.05, 0.1) is 11.0 Å². The van der Waals surface area contributed by atoms with Gasteiger partial charge in [-0.05, 0) is 62.8 Å². The van der Waals surface area contributed by atoms with E-state index in [-0.39, 0.29) is 11.3 Å². The third kappa shape index (κ3) is 2.07. The molecule has 2 heterocycles. The Labute approximate surface area is 144 Å². The highest BCUT2D eigenvalue weighted by atomic mass is 16.3. The summed E-state index contributed by atoms with van der Waals surface area (Å²) in [6.07, 6.45) is 6.10. The first-order valence-corrected chi connectivity index (χ1v) is 9.89. The van der Waals surface area contributed by atoms with Crippen molar-refractivity contribution < 1.29 is 9.90 Å². The number of carbonyl (C=O) groups excluding carboxylic acids is 1. The second-order valence-corrected chi connectivity index (χ2v) is 9.66. The number of rotatable bonds is 3. The lowest BCUT2D eigenvalue weighted by molar-refractivity contribution is -0.172. The number of hydrogen-bond donors (Lipinski definition) is 3. The van der Waals surface area contributed by atoms with Gasteiger partial charge in [0.25, 0.3) is 0 Å². The lowest BCUT2D eigenvalue weighted by atomic mass is 9.50. The molecule has 4 aliphatic carbocycles. The van der Waals surface area contributed by atoms with Gasteiger partial charge in [0.2, 0.25) is 5.91 Å². The summed E-state index contributed by atoms with van der Waals surface area (Å²) < 4.78 is 0. The van der Waals surface area contributed by atoms with Gasteiger partial charge in [0, 0.05) is 38.6 Å². The summed E-state index contributed by atoms with van der Waals surface area (Å²) in [5.74, 6) is 3.09. The number of carbonyl (C=O) groups is 1. The average Bonchev–Trinajstić information content (AvgIpc) is 3.06. The first-order valence-electron chi connectivity index (χ1n) is 9.89. The van der Waals surface area contributed by atoms with Gasteiger partial charge >= 0.3 is 0 Å². The van der Waals surface area contributed by atoms with Crippen molar-refractivity contribution in [2.24, 2.45) is 35.0 Å². The summed E-state index contributed by atoms with van der Waals surface area (Å²) >= 11 is 0. The lowest BCUT2D eigenvalue weighted by Crippen LogP contribution is -2.63. The van der Waals surface area contributed by atoms with E-state index in [1.807, 2.05) is 0 Å². The van der Waals surface area contributed by atoms with Crippen molar-refractivity contribution in [2.45, 2.75) is 37.7 Å². The van der Waals surface area contributed by atoms with Crippen molar-refractivity contribution in [3.8, 4) is 0 Å². The van der Waals surface area contributed by atoms with Crippen LogP contribution in [0.15, 0.2) is 0 Å². The maximum absolute atomic E-state index is 13.1. The Morgan fingerprint density at radius 3 is 2.50 bits per heavy atom. The van der Waals surface area contributed by atoms with Gasteiger partial charge in [-0.25, -0.2) is 0 Å². The number of nitrogens with one attached hydrogen (secondary N) is 2. The van der Waals surface area contributed by atoms with E-state index < -0.39 is 5.60 Å². The number of nitrogens with zero attached hydrogens (tertiary/aromatic N) is 1. The summed E-state index contributed by atoms with van der Waals surface area (Å²) in [7, 11) is 2.11. The number of fused-ring (bicyclic) bond motifs is 1. The summed E-state index contributed by atoms with van der Waals surface area (Å²) in [4.78, 5) is 15.4. The molecular weight excluding hydrogens is 302 g/mol. The Balaban J connectivity index is 1.30. The molecule has 2 atom stereocenters. The molecule has 2 aliphatic heterocycles. The van der Waals surface area contributed by atoms with Crippen molar-refractivity contribution in [1.29, 1.82) is 0 Å². The van der Waals surface area contributed by atoms with Crippen LogP contribution in [0, 0.1) is 35.0 Å². The van der Waals surface area contributed by atoms with E-state index in [1.165, 1.54) is 32.1 Å². The molecule has 6 aliphatic rings. The van der Waals surface area contributed by atoms with Crippen LogP contribution in [-0.2, 0) is 4.79 Å². The van der Waals surface area contributed by atoms with Gasteiger partial charge in [-0.2, -0.15) is 0 Å². The summed E-state index contributed by atoms with van der Waals surface area (Å²) in [5.41, 5.74) is -0.928. The highest BCUT2D eigenvalue weighted by Gasteiger charge is 2.58. The van der Waals surface area contributed by atoms with Crippen LogP contribution in [-0.4, -0.2) is 61.3 Å². The molecule has 0 aromatic heterocycles. The monoisotopic (exact) mass is 333 g/mol. The van der Waals surface area contributed by atoms with Crippen molar-refractivity contribution >= 4 is 5.91 Å². The van der Waals surface area contributed by atoms with Gasteiger partial charge in [-0.3, -0.25) is 4.79 Å². The first-order chi connectivity index (χ1) is 11.5. The Bertz CT molecular complexity index is 523. The van der Waals surface area contributed by atoms with Crippen molar-refractivity contribution in [2.75, 3.05) is 39.8 Å². The number of aliphatic hydroxyl groups is 1. The average molecular weight is 333 g/mol. The van der Waals surface area contributed by atoms with Gasteiger partial charge in [-0.1, -0.05) is 0 Å². The molecule has 2 saturated heterocycles. The van der Waals surface area contributed by atoms with E-state index >= 15 is 0 Å². The van der Waals surface area contributed by atoms with Crippen LogP contribution in [0.25, 0.3) is 0 Å². The lowest BCUT2D eigenvalue weighted by Gasteiger charge is -2.59. The van der Waals surface area contributed by atoms with E-state index in [4.69, 9.17) is 0 Å². The molecule has 134 valence electrons. The molecule has 5 nitrogen and oxygen atoms in total. The molecule has 0 aromatic rings. The van der Waals surface area contributed by atoms with Gasteiger partial charge in [-0.15, -0.1) is 0 Å². The molecule has 3 N–H and O–H groups in total. The third-order valence-electron chi connectivity index (χ3n) is 8.23. The van der Waals surface area contributed by atoms with Gasteiger partial charge < -0.3 is 20.6 Å². The quantitative estimate of drug-likeness (QED) is 0.701. The van der Waals surface area contributed by atoms with Crippen LogP contribution in [0.5, 0.6) is 0 Å². The minimum Gasteiger partial charge on any atom is -0.387 e. The second kappa shape index (κ2) is 5.18. The van der Waals surface area contributed by atoms with Crippen LogP contribution in [0.1, 0.15) is 32.1 Å². The topological polar surface area (TPSA) is 64.6 Å². The third-order valence-corrected chi connectivity index (χ3v) is 8.23. The molecule has 0 radical (unpaired) electrons. The maximum Gasteiger partial charge on any atom is 0.229 e. The van der Waals surface area contributed by atoms with Gasteiger partial charge in [0.15, 0.2) is 0 Å². The van der Waals surface area contributed by atoms with E-state index in [0.29, 0.717) is 24.3 Å². The predicted octanol–water partition coefficient (Wildman–Crippen LogP) is 0.441.